The average Bonchev–Trinajstić information content (AvgIpc) is 3.09. The van der Waals surface area contributed by atoms with Crippen LogP contribution < -0.4 is 0 Å². The SMILES string of the molecule is CCc1[nH]c(C(=O)N2CCN(C(=O)c3ccc(F)cc3)CC2)c(C)c1C(=O)OC. The first-order valence-corrected chi connectivity index (χ1v) is 9.51. The Balaban J connectivity index is 1.70. The van der Waals surface area contributed by atoms with E-state index in [4.69, 9.17) is 4.74 Å². The molecular weight excluding hydrogens is 377 g/mol. The average molecular weight is 401 g/mol. The molecule has 8 heteroatoms. The van der Waals surface area contributed by atoms with Crippen molar-refractivity contribution in [3.8, 4) is 0 Å². The molecule has 1 fully saturated rings. The molecular formula is C21H24FN3O4. The molecule has 1 saturated heterocycles. The normalized spacial score (nSPS) is 14.1. The highest BCUT2D eigenvalue weighted by Gasteiger charge is 2.29. The molecule has 0 atom stereocenters. The zero-order valence-corrected chi connectivity index (χ0v) is 16.8. The van der Waals surface area contributed by atoms with Gasteiger partial charge in [0.2, 0.25) is 0 Å². The van der Waals surface area contributed by atoms with Gasteiger partial charge in [-0.3, -0.25) is 9.59 Å². The summed E-state index contributed by atoms with van der Waals surface area (Å²) in [6.07, 6.45) is 0.568. The number of aromatic amines is 1. The fourth-order valence-corrected chi connectivity index (χ4v) is 3.56. The summed E-state index contributed by atoms with van der Waals surface area (Å²) in [5, 5.41) is 0. The molecule has 3 rings (SSSR count). The molecule has 7 nitrogen and oxygen atoms in total. The molecule has 1 aliphatic heterocycles. The highest BCUT2D eigenvalue weighted by atomic mass is 19.1. The van der Waals surface area contributed by atoms with Gasteiger partial charge in [0.1, 0.15) is 11.5 Å². The van der Waals surface area contributed by atoms with E-state index in [1.807, 2.05) is 6.92 Å². The number of methoxy groups -OCH3 is 1. The van der Waals surface area contributed by atoms with Gasteiger partial charge in [-0.15, -0.1) is 0 Å². The number of halogens is 1. The first-order valence-electron chi connectivity index (χ1n) is 9.51. The van der Waals surface area contributed by atoms with E-state index in [2.05, 4.69) is 4.98 Å². The maximum atomic E-state index is 13.1. The van der Waals surface area contributed by atoms with Crippen LogP contribution >= 0.6 is 0 Å². The van der Waals surface area contributed by atoms with Crippen LogP contribution in [0, 0.1) is 12.7 Å². The Morgan fingerprint density at radius 3 is 2.10 bits per heavy atom. The monoisotopic (exact) mass is 401 g/mol. The summed E-state index contributed by atoms with van der Waals surface area (Å²) < 4.78 is 17.9. The summed E-state index contributed by atoms with van der Waals surface area (Å²) in [5.74, 6) is -1.25. The summed E-state index contributed by atoms with van der Waals surface area (Å²) in [6.45, 7) is 5.13. The number of amides is 2. The van der Waals surface area contributed by atoms with Gasteiger partial charge in [-0.2, -0.15) is 0 Å². The Hall–Kier alpha value is -3.16. The number of esters is 1. The van der Waals surface area contributed by atoms with E-state index in [-0.39, 0.29) is 11.8 Å². The molecule has 0 saturated carbocycles. The van der Waals surface area contributed by atoms with E-state index in [0.29, 0.717) is 60.7 Å². The summed E-state index contributed by atoms with van der Waals surface area (Å²) in [7, 11) is 1.31. The maximum absolute atomic E-state index is 13.1. The zero-order valence-electron chi connectivity index (χ0n) is 16.8. The van der Waals surface area contributed by atoms with Crippen molar-refractivity contribution < 1.29 is 23.5 Å². The maximum Gasteiger partial charge on any atom is 0.339 e. The standard InChI is InChI=1S/C21H24FN3O4/c1-4-16-17(21(28)29-3)13(2)18(23-16)20(27)25-11-9-24(10-12-25)19(26)14-5-7-15(22)8-6-14/h5-8,23H,4,9-12H2,1-3H3. The molecule has 1 N–H and O–H groups in total. The van der Waals surface area contributed by atoms with E-state index in [1.54, 1.807) is 16.7 Å². The molecule has 29 heavy (non-hydrogen) atoms. The molecule has 0 bridgehead atoms. The van der Waals surface area contributed by atoms with Crippen LogP contribution in [-0.4, -0.2) is 65.9 Å². The molecule has 2 aromatic rings. The summed E-state index contributed by atoms with van der Waals surface area (Å²) in [4.78, 5) is 44.0. The summed E-state index contributed by atoms with van der Waals surface area (Å²) >= 11 is 0. The number of nitrogens with zero attached hydrogens (tertiary/aromatic N) is 2. The van der Waals surface area contributed by atoms with Crippen LogP contribution in [0.4, 0.5) is 4.39 Å². The van der Waals surface area contributed by atoms with Crippen LogP contribution in [0.2, 0.25) is 0 Å². The Labute approximate surface area is 168 Å². The van der Waals surface area contributed by atoms with Crippen LogP contribution in [0.5, 0.6) is 0 Å². The number of carbonyl (C=O) groups is 3. The van der Waals surface area contributed by atoms with Gasteiger partial charge in [0.05, 0.1) is 12.7 Å². The van der Waals surface area contributed by atoms with Crippen molar-refractivity contribution in [2.24, 2.45) is 0 Å². The van der Waals surface area contributed by atoms with Crippen LogP contribution in [0.1, 0.15) is 49.4 Å². The number of nitrogens with one attached hydrogen (secondary N) is 1. The van der Waals surface area contributed by atoms with Gasteiger partial charge in [-0.25, -0.2) is 9.18 Å². The smallest absolute Gasteiger partial charge is 0.339 e. The van der Waals surface area contributed by atoms with Gasteiger partial charge >= 0.3 is 5.97 Å². The van der Waals surface area contributed by atoms with Crippen LogP contribution in [0.15, 0.2) is 24.3 Å². The minimum absolute atomic E-state index is 0.186. The second-order valence-electron chi connectivity index (χ2n) is 6.91. The van der Waals surface area contributed by atoms with Gasteiger partial charge in [-0.05, 0) is 43.2 Å². The molecule has 0 spiro atoms. The Kier molecular flexibility index (Phi) is 6.00. The van der Waals surface area contributed by atoms with E-state index in [9.17, 15) is 18.8 Å². The van der Waals surface area contributed by atoms with Gasteiger partial charge in [0.15, 0.2) is 0 Å². The van der Waals surface area contributed by atoms with Gasteiger partial charge in [0, 0.05) is 37.4 Å². The number of hydrogen-bond donors (Lipinski definition) is 1. The number of benzene rings is 1. The van der Waals surface area contributed by atoms with Gasteiger partial charge in [0.25, 0.3) is 11.8 Å². The third kappa shape index (κ3) is 4.01. The molecule has 0 aliphatic carbocycles. The number of H-pyrrole nitrogens is 1. The molecule has 154 valence electrons. The van der Waals surface area contributed by atoms with Crippen molar-refractivity contribution in [1.29, 1.82) is 0 Å². The first kappa shape index (κ1) is 20.6. The fraction of sp³-hybridized carbons (Fsp3) is 0.381. The van der Waals surface area contributed by atoms with Crippen molar-refractivity contribution >= 4 is 17.8 Å². The van der Waals surface area contributed by atoms with Crippen LogP contribution in [0.25, 0.3) is 0 Å². The van der Waals surface area contributed by atoms with Crippen LogP contribution in [0.3, 0.4) is 0 Å². The quantitative estimate of drug-likeness (QED) is 0.798. The lowest BCUT2D eigenvalue weighted by Crippen LogP contribution is -2.50. The Morgan fingerprint density at radius 1 is 1.03 bits per heavy atom. The number of hydrogen-bond acceptors (Lipinski definition) is 4. The molecule has 1 aromatic carbocycles. The predicted molar refractivity (Wildman–Crippen MR) is 104 cm³/mol. The lowest BCUT2D eigenvalue weighted by Gasteiger charge is -2.34. The first-order chi connectivity index (χ1) is 13.9. The highest BCUT2D eigenvalue weighted by molar-refractivity contribution is 6.01. The van der Waals surface area contributed by atoms with E-state index >= 15 is 0 Å². The number of ether oxygens (including phenoxy) is 1. The van der Waals surface area contributed by atoms with E-state index in [0.717, 1.165) is 0 Å². The minimum atomic E-state index is -0.468. The third-order valence-electron chi connectivity index (χ3n) is 5.23. The van der Waals surface area contributed by atoms with Crippen molar-refractivity contribution in [2.75, 3.05) is 33.3 Å². The van der Waals surface area contributed by atoms with E-state index in [1.165, 1.54) is 31.4 Å². The molecule has 1 aromatic heterocycles. The second-order valence-corrected chi connectivity index (χ2v) is 6.91. The third-order valence-corrected chi connectivity index (χ3v) is 5.23. The Bertz CT molecular complexity index is 928. The fourth-order valence-electron chi connectivity index (χ4n) is 3.56. The Morgan fingerprint density at radius 2 is 1.59 bits per heavy atom. The number of rotatable bonds is 4. The minimum Gasteiger partial charge on any atom is -0.465 e. The zero-order chi connectivity index (χ0) is 21.1. The topological polar surface area (TPSA) is 82.7 Å². The second kappa shape index (κ2) is 8.46. The van der Waals surface area contributed by atoms with Crippen molar-refractivity contribution in [1.82, 2.24) is 14.8 Å². The predicted octanol–water partition coefficient (Wildman–Crippen LogP) is 2.41. The van der Waals surface area contributed by atoms with Gasteiger partial charge < -0.3 is 19.5 Å². The number of piperazine rings is 1. The lowest BCUT2D eigenvalue weighted by atomic mass is 10.1. The molecule has 1 aliphatic rings. The van der Waals surface area contributed by atoms with Crippen LogP contribution in [-0.2, 0) is 11.2 Å². The van der Waals surface area contributed by atoms with Crippen molar-refractivity contribution in [3.63, 3.8) is 0 Å². The summed E-state index contributed by atoms with van der Waals surface area (Å²) in [6, 6.07) is 5.42. The lowest BCUT2D eigenvalue weighted by molar-refractivity contribution is 0.0532. The van der Waals surface area contributed by atoms with Crippen molar-refractivity contribution in [2.45, 2.75) is 20.3 Å². The molecule has 0 unspecified atom stereocenters. The highest BCUT2D eigenvalue weighted by Crippen LogP contribution is 2.22. The van der Waals surface area contributed by atoms with Gasteiger partial charge in [-0.1, -0.05) is 6.92 Å². The molecule has 2 amide bonds. The van der Waals surface area contributed by atoms with E-state index < -0.39 is 11.8 Å². The number of aromatic nitrogens is 1. The summed E-state index contributed by atoms with van der Waals surface area (Å²) in [5.41, 5.74) is 2.44. The largest absolute Gasteiger partial charge is 0.465 e. The number of carbonyl (C=O) groups excluding carboxylic acids is 3. The molecule has 2 heterocycles. The molecule has 0 radical (unpaired) electrons. The van der Waals surface area contributed by atoms with Crippen molar-refractivity contribution in [3.05, 3.63) is 58.2 Å². The number of aryl methyl sites for hydroxylation is 1.